The van der Waals surface area contributed by atoms with Crippen molar-refractivity contribution in [3.63, 3.8) is 0 Å². The second-order valence-electron chi connectivity index (χ2n) is 20.4. The summed E-state index contributed by atoms with van der Waals surface area (Å²) >= 11 is 0. The van der Waals surface area contributed by atoms with E-state index in [-0.39, 0.29) is 17.9 Å². The van der Waals surface area contributed by atoms with Gasteiger partial charge >= 0.3 is 6.09 Å². The van der Waals surface area contributed by atoms with Crippen molar-refractivity contribution in [1.82, 2.24) is 16.0 Å². The van der Waals surface area contributed by atoms with Crippen LogP contribution in [-0.4, -0.2) is 63.0 Å². The van der Waals surface area contributed by atoms with Gasteiger partial charge in [0.05, 0.1) is 19.8 Å². The molecule has 396 valence electrons. The summed E-state index contributed by atoms with van der Waals surface area (Å²) in [7, 11) is 0. The highest BCUT2D eigenvalue weighted by molar-refractivity contribution is 5.95. The molecule has 0 unspecified atom stereocenters. The first-order valence-corrected chi connectivity index (χ1v) is 28.7. The molecule has 0 bridgehead atoms. The van der Waals surface area contributed by atoms with Crippen LogP contribution >= 0.6 is 0 Å². The Morgan fingerprint density at radius 1 is 0.412 bits per heavy atom. The SMILES string of the molecule is CCCCCCCCCCCCOc1cc(C(=O)NCCCC(=O)NCCCCCCNC(=O)OC(C)(C)C)cc(OCCCCCCCCCCCC)c1OCCCCCCCCCCCC. The lowest BCUT2D eigenvalue weighted by molar-refractivity contribution is -0.121. The topological polar surface area (TPSA) is 124 Å². The normalized spacial score (nSPS) is 11.4. The minimum absolute atomic E-state index is 0.0138. The van der Waals surface area contributed by atoms with Crippen LogP contribution in [0.2, 0.25) is 0 Å². The van der Waals surface area contributed by atoms with Gasteiger partial charge in [-0.25, -0.2) is 4.79 Å². The zero-order valence-corrected chi connectivity index (χ0v) is 45.2. The van der Waals surface area contributed by atoms with Crippen molar-refractivity contribution in [3.8, 4) is 17.2 Å². The predicted molar refractivity (Wildman–Crippen MR) is 286 cm³/mol. The minimum Gasteiger partial charge on any atom is -0.490 e. The van der Waals surface area contributed by atoms with Crippen molar-refractivity contribution in [2.45, 2.75) is 278 Å². The highest BCUT2D eigenvalue weighted by atomic mass is 16.6. The molecule has 10 nitrogen and oxygen atoms in total. The number of benzene rings is 1. The molecule has 1 aromatic rings. The zero-order valence-electron chi connectivity index (χ0n) is 45.2. The van der Waals surface area contributed by atoms with Crippen LogP contribution in [0.4, 0.5) is 4.79 Å². The fourth-order valence-electron chi connectivity index (χ4n) is 8.35. The Bertz CT molecular complexity index is 1300. The van der Waals surface area contributed by atoms with Gasteiger partial charge in [0.2, 0.25) is 11.7 Å². The number of nitrogens with one attached hydrogen (secondary N) is 3. The number of hydrogen-bond acceptors (Lipinski definition) is 7. The van der Waals surface area contributed by atoms with Crippen LogP contribution in [0.15, 0.2) is 12.1 Å². The van der Waals surface area contributed by atoms with Gasteiger partial charge in [0.25, 0.3) is 5.91 Å². The number of carbonyl (C=O) groups is 3. The maximum atomic E-state index is 13.7. The van der Waals surface area contributed by atoms with Gasteiger partial charge in [-0.1, -0.05) is 207 Å². The fraction of sp³-hybridized carbons (Fsp3) is 0.845. The molecule has 0 radical (unpaired) electrons. The van der Waals surface area contributed by atoms with Crippen molar-refractivity contribution in [1.29, 1.82) is 0 Å². The molecule has 0 spiro atoms. The largest absolute Gasteiger partial charge is 0.490 e. The van der Waals surface area contributed by atoms with E-state index in [0.717, 1.165) is 64.2 Å². The highest BCUT2D eigenvalue weighted by Gasteiger charge is 2.20. The summed E-state index contributed by atoms with van der Waals surface area (Å²) in [5, 5.41) is 8.85. The molecular weight excluding hydrogens is 851 g/mol. The predicted octanol–water partition coefficient (Wildman–Crippen LogP) is 16.3. The second kappa shape index (κ2) is 45.0. The molecule has 0 heterocycles. The molecule has 0 saturated carbocycles. The summed E-state index contributed by atoms with van der Waals surface area (Å²) in [6.07, 6.45) is 41.8. The Hall–Kier alpha value is -3.17. The molecule has 68 heavy (non-hydrogen) atoms. The van der Waals surface area contributed by atoms with E-state index in [1.807, 2.05) is 32.9 Å². The molecule has 10 heteroatoms. The standard InChI is InChI=1S/C58H107N3O7/c1-7-10-13-16-19-22-25-28-33-38-46-65-52-49-51(56(63)60-45-41-42-54(62)59-43-36-31-32-37-44-61-57(64)68-58(4,5)6)50-53(66-47-39-34-29-26-23-20-17-14-11-8-2)55(52)67-48-40-35-30-27-24-21-18-15-12-9-3/h49-50H,7-48H2,1-6H3,(H,59,62)(H,60,63)(H,61,64). The van der Waals surface area contributed by atoms with Gasteiger partial charge in [-0.05, 0) is 71.4 Å². The summed E-state index contributed by atoms with van der Waals surface area (Å²) in [5.41, 5.74) is -0.0180. The molecular formula is C58H107N3O7. The van der Waals surface area contributed by atoms with Gasteiger partial charge in [0.1, 0.15) is 5.60 Å². The zero-order chi connectivity index (χ0) is 49.6. The molecule has 0 aliphatic rings. The first kappa shape index (κ1) is 62.8. The van der Waals surface area contributed by atoms with Crippen molar-refractivity contribution in [3.05, 3.63) is 17.7 Å². The Balaban J connectivity index is 2.84. The lowest BCUT2D eigenvalue weighted by Crippen LogP contribution is -2.33. The van der Waals surface area contributed by atoms with Gasteiger partial charge in [0, 0.05) is 31.6 Å². The highest BCUT2D eigenvalue weighted by Crippen LogP contribution is 2.40. The van der Waals surface area contributed by atoms with Gasteiger partial charge < -0.3 is 34.9 Å². The van der Waals surface area contributed by atoms with Crippen LogP contribution < -0.4 is 30.2 Å². The molecule has 1 rings (SSSR count). The van der Waals surface area contributed by atoms with Gasteiger partial charge in [0.15, 0.2) is 11.5 Å². The maximum absolute atomic E-state index is 13.7. The summed E-state index contributed by atoms with van der Waals surface area (Å²) in [5.74, 6) is 1.56. The Kier molecular flexibility index (Phi) is 41.6. The molecule has 0 atom stereocenters. The maximum Gasteiger partial charge on any atom is 0.407 e. The van der Waals surface area contributed by atoms with Gasteiger partial charge in [-0.15, -0.1) is 0 Å². The van der Waals surface area contributed by atoms with Crippen LogP contribution in [0, 0.1) is 0 Å². The number of carbonyl (C=O) groups excluding carboxylic acids is 3. The van der Waals surface area contributed by atoms with E-state index >= 15 is 0 Å². The Labute approximate surface area is 418 Å². The molecule has 0 aromatic heterocycles. The third-order valence-electron chi connectivity index (χ3n) is 12.5. The lowest BCUT2D eigenvalue weighted by atomic mass is 10.1. The van der Waals surface area contributed by atoms with E-state index in [9.17, 15) is 14.4 Å². The molecule has 0 saturated heterocycles. The monoisotopic (exact) mass is 958 g/mol. The van der Waals surface area contributed by atoms with Crippen molar-refractivity contribution >= 4 is 17.9 Å². The summed E-state index contributed by atoms with van der Waals surface area (Å²) in [6.45, 7) is 15.6. The molecule has 0 fully saturated rings. The number of alkyl carbamates (subject to hydrolysis) is 1. The van der Waals surface area contributed by atoms with E-state index in [2.05, 4.69) is 36.7 Å². The van der Waals surface area contributed by atoms with Crippen LogP contribution in [0.1, 0.15) is 283 Å². The number of hydrogen-bond donors (Lipinski definition) is 3. The Morgan fingerprint density at radius 3 is 1.15 bits per heavy atom. The van der Waals surface area contributed by atoms with Gasteiger partial charge in [-0.3, -0.25) is 9.59 Å². The summed E-state index contributed by atoms with van der Waals surface area (Å²) in [6, 6.07) is 3.65. The summed E-state index contributed by atoms with van der Waals surface area (Å²) < 4.78 is 24.8. The van der Waals surface area contributed by atoms with Crippen molar-refractivity contribution in [2.75, 3.05) is 39.5 Å². The third-order valence-corrected chi connectivity index (χ3v) is 12.5. The first-order valence-electron chi connectivity index (χ1n) is 28.7. The quantitative estimate of drug-likeness (QED) is 0.0556. The first-order chi connectivity index (χ1) is 33.1. The molecule has 3 N–H and O–H groups in total. The Morgan fingerprint density at radius 2 is 0.750 bits per heavy atom. The van der Waals surface area contributed by atoms with E-state index in [4.69, 9.17) is 18.9 Å². The molecule has 0 aliphatic carbocycles. The second-order valence-corrected chi connectivity index (χ2v) is 20.4. The van der Waals surface area contributed by atoms with E-state index in [0.29, 0.717) is 75.1 Å². The third kappa shape index (κ3) is 38.7. The van der Waals surface area contributed by atoms with Gasteiger partial charge in [-0.2, -0.15) is 0 Å². The lowest BCUT2D eigenvalue weighted by Gasteiger charge is -2.19. The minimum atomic E-state index is -0.502. The fourth-order valence-corrected chi connectivity index (χ4v) is 8.35. The average molecular weight is 959 g/mol. The summed E-state index contributed by atoms with van der Waals surface area (Å²) in [4.78, 5) is 38.1. The molecule has 1 aromatic carbocycles. The van der Waals surface area contributed by atoms with E-state index < -0.39 is 5.60 Å². The average Bonchev–Trinajstić information content (AvgIpc) is 3.31. The van der Waals surface area contributed by atoms with Crippen LogP contribution in [-0.2, 0) is 9.53 Å². The molecule has 3 amide bonds. The smallest absolute Gasteiger partial charge is 0.407 e. The van der Waals surface area contributed by atoms with Crippen molar-refractivity contribution < 1.29 is 33.3 Å². The van der Waals surface area contributed by atoms with Crippen LogP contribution in [0.5, 0.6) is 17.2 Å². The van der Waals surface area contributed by atoms with Crippen molar-refractivity contribution in [2.24, 2.45) is 0 Å². The number of ether oxygens (including phenoxy) is 4. The molecule has 0 aliphatic heterocycles. The van der Waals surface area contributed by atoms with Crippen LogP contribution in [0.3, 0.4) is 0 Å². The van der Waals surface area contributed by atoms with E-state index in [1.165, 1.54) is 154 Å². The number of unbranched alkanes of at least 4 members (excludes halogenated alkanes) is 30. The number of amides is 3. The van der Waals surface area contributed by atoms with E-state index in [1.54, 1.807) is 0 Å². The van der Waals surface area contributed by atoms with Crippen LogP contribution in [0.25, 0.3) is 0 Å². The number of rotatable bonds is 48.